The Morgan fingerprint density at radius 1 is 1.19 bits per heavy atom. The predicted molar refractivity (Wildman–Crippen MR) is 115 cm³/mol. The van der Waals surface area contributed by atoms with Crippen LogP contribution < -0.4 is 14.8 Å². The van der Waals surface area contributed by atoms with Gasteiger partial charge in [0, 0.05) is 17.1 Å². The number of hydrogen-bond donors (Lipinski definition) is 1. The number of fused-ring (bicyclic) bond motifs is 2. The van der Waals surface area contributed by atoms with Crippen LogP contribution in [-0.4, -0.2) is 42.9 Å². The summed E-state index contributed by atoms with van der Waals surface area (Å²) in [5.41, 5.74) is 1.83. The van der Waals surface area contributed by atoms with Crippen LogP contribution in [0.15, 0.2) is 47.5 Å². The van der Waals surface area contributed by atoms with Gasteiger partial charge in [-0.05, 0) is 30.3 Å². The maximum absolute atomic E-state index is 12.4. The van der Waals surface area contributed by atoms with Gasteiger partial charge >= 0.3 is 5.97 Å². The van der Waals surface area contributed by atoms with Crippen molar-refractivity contribution in [2.75, 3.05) is 31.4 Å². The van der Waals surface area contributed by atoms with Crippen molar-refractivity contribution in [1.29, 1.82) is 5.26 Å². The first-order valence-electron chi connectivity index (χ1n) is 9.33. The molecule has 1 aliphatic rings. The quantitative estimate of drug-likeness (QED) is 0.480. The SMILES string of the molecule is COC(=O)c1cccc(NC(=O)CSc2nc3cc4c(cc3cc2C#N)OCCO4)c1. The van der Waals surface area contributed by atoms with Crippen LogP contribution in [0.5, 0.6) is 11.5 Å². The average molecular weight is 435 g/mol. The number of aromatic nitrogens is 1. The molecule has 2 heterocycles. The number of hydrogen-bond acceptors (Lipinski definition) is 8. The van der Waals surface area contributed by atoms with E-state index in [4.69, 9.17) is 9.47 Å². The molecule has 0 saturated carbocycles. The van der Waals surface area contributed by atoms with E-state index in [0.29, 0.717) is 52.1 Å². The summed E-state index contributed by atoms with van der Waals surface area (Å²) in [6.45, 7) is 0.941. The van der Waals surface area contributed by atoms with Gasteiger partial charge in [-0.1, -0.05) is 17.8 Å². The summed E-state index contributed by atoms with van der Waals surface area (Å²) in [7, 11) is 1.29. The molecule has 3 aromatic rings. The Kier molecular flexibility index (Phi) is 5.91. The lowest BCUT2D eigenvalue weighted by molar-refractivity contribution is -0.113. The van der Waals surface area contributed by atoms with Crippen LogP contribution in [0.4, 0.5) is 5.69 Å². The number of benzene rings is 2. The highest BCUT2D eigenvalue weighted by Crippen LogP contribution is 2.35. The van der Waals surface area contributed by atoms with Crippen LogP contribution in [0.25, 0.3) is 10.9 Å². The van der Waals surface area contributed by atoms with Crippen molar-refractivity contribution in [1.82, 2.24) is 4.98 Å². The van der Waals surface area contributed by atoms with Gasteiger partial charge in [0.1, 0.15) is 24.3 Å². The Morgan fingerprint density at radius 3 is 2.71 bits per heavy atom. The molecule has 0 bridgehead atoms. The zero-order valence-electron chi connectivity index (χ0n) is 16.5. The number of thioether (sulfide) groups is 1. The van der Waals surface area contributed by atoms with Gasteiger partial charge in [-0.3, -0.25) is 4.79 Å². The fourth-order valence-corrected chi connectivity index (χ4v) is 3.82. The van der Waals surface area contributed by atoms with E-state index in [1.165, 1.54) is 13.2 Å². The van der Waals surface area contributed by atoms with Crippen LogP contribution in [0, 0.1) is 11.3 Å². The Bertz CT molecular complexity index is 1220. The van der Waals surface area contributed by atoms with Gasteiger partial charge in [-0.2, -0.15) is 5.26 Å². The lowest BCUT2D eigenvalue weighted by atomic mass is 10.1. The third-order valence-electron chi connectivity index (χ3n) is 4.47. The number of carbonyl (C=O) groups is 2. The standard InChI is InChI=1S/C22H17N3O5S/c1-28-22(27)13-3-2-4-16(8-13)24-20(26)12-31-21-15(11-23)7-14-9-18-19(10-17(14)25-21)30-6-5-29-18/h2-4,7-10H,5-6,12H2,1H3,(H,24,26). The van der Waals surface area contributed by atoms with Crippen molar-refractivity contribution < 1.29 is 23.8 Å². The van der Waals surface area contributed by atoms with Crippen LogP contribution in [0.3, 0.4) is 0 Å². The second-order valence-electron chi connectivity index (χ2n) is 6.55. The van der Waals surface area contributed by atoms with Crippen molar-refractivity contribution in [2.45, 2.75) is 5.03 Å². The van der Waals surface area contributed by atoms with Crippen LogP contribution in [0.1, 0.15) is 15.9 Å². The first-order valence-corrected chi connectivity index (χ1v) is 10.3. The molecule has 31 heavy (non-hydrogen) atoms. The van der Waals surface area contributed by atoms with E-state index < -0.39 is 5.97 Å². The molecular formula is C22H17N3O5S. The van der Waals surface area contributed by atoms with E-state index in [1.807, 2.05) is 0 Å². The third-order valence-corrected chi connectivity index (χ3v) is 5.46. The van der Waals surface area contributed by atoms with E-state index >= 15 is 0 Å². The van der Waals surface area contributed by atoms with Crippen LogP contribution in [-0.2, 0) is 9.53 Å². The fourth-order valence-electron chi connectivity index (χ4n) is 3.06. The van der Waals surface area contributed by atoms with Gasteiger partial charge in [-0.15, -0.1) is 0 Å². The molecule has 1 aliphatic heterocycles. The minimum atomic E-state index is -0.485. The molecule has 1 amide bonds. The molecular weight excluding hydrogens is 418 g/mol. The highest BCUT2D eigenvalue weighted by molar-refractivity contribution is 8.00. The van der Waals surface area contributed by atoms with Crippen molar-refractivity contribution in [3.63, 3.8) is 0 Å². The largest absolute Gasteiger partial charge is 0.486 e. The van der Waals surface area contributed by atoms with E-state index in [2.05, 4.69) is 21.1 Å². The lowest BCUT2D eigenvalue weighted by Gasteiger charge is -2.18. The third kappa shape index (κ3) is 4.54. The first-order chi connectivity index (χ1) is 15.1. The Hall–Kier alpha value is -3.77. The van der Waals surface area contributed by atoms with E-state index in [0.717, 1.165) is 17.1 Å². The van der Waals surface area contributed by atoms with Gasteiger partial charge < -0.3 is 19.5 Å². The number of nitrogens with one attached hydrogen (secondary N) is 1. The van der Waals surface area contributed by atoms with Gasteiger partial charge in [0.25, 0.3) is 0 Å². The van der Waals surface area contributed by atoms with Crippen LogP contribution in [0.2, 0.25) is 0 Å². The number of carbonyl (C=O) groups excluding carboxylic acids is 2. The Balaban J connectivity index is 1.50. The summed E-state index contributed by atoms with van der Waals surface area (Å²) in [5.74, 6) is 0.495. The summed E-state index contributed by atoms with van der Waals surface area (Å²) < 4.78 is 15.9. The highest BCUT2D eigenvalue weighted by atomic mass is 32.2. The van der Waals surface area contributed by atoms with Crippen molar-refractivity contribution in [3.05, 3.63) is 53.6 Å². The summed E-state index contributed by atoms with van der Waals surface area (Å²) in [6.07, 6.45) is 0. The smallest absolute Gasteiger partial charge is 0.337 e. The average Bonchev–Trinajstić information content (AvgIpc) is 2.80. The number of anilines is 1. The Labute approximate surface area is 182 Å². The highest BCUT2D eigenvalue weighted by Gasteiger charge is 2.16. The maximum Gasteiger partial charge on any atom is 0.337 e. The molecule has 156 valence electrons. The molecule has 0 radical (unpaired) electrons. The second kappa shape index (κ2) is 8.93. The number of nitriles is 1. The molecule has 0 saturated heterocycles. The molecule has 9 heteroatoms. The molecule has 2 aromatic carbocycles. The number of amides is 1. The van der Waals surface area contributed by atoms with Crippen LogP contribution >= 0.6 is 11.8 Å². The minimum absolute atomic E-state index is 0.0419. The zero-order valence-corrected chi connectivity index (χ0v) is 17.3. The monoisotopic (exact) mass is 435 g/mol. The number of esters is 1. The van der Waals surface area contributed by atoms with E-state index in [-0.39, 0.29) is 11.7 Å². The number of ether oxygens (including phenoxy) is 3. The molecule has 1 N–H and O–H groups in total. The van der Waals surface area contributed by atoms with E-state index in [9.17, 15) is 14.9 Å². The summed E-state index contributed by atoms with van der Waals surface area (Å²) in [5, 5.41) is 13.5. The molecule has 0 atom stereocenters. The number of methoxy groups -OCH3 is 1. The molecule has 0 aliphatic carbocycles. The molecule has 0 unspecified atom stereocenters. The number of rotatable bonds is 5. The van der Waals surface area contributed by atoms with Gasteiger partial charge in [0.2, 0.25) is 5.91 Å². The van der Waals surface area contributed by atoms with Crippen molar-refractivity contribution in [2.24, 2.45) is 0 Å². The van der Waals surface area contributed by atoms with Gasteiger partial charge in [-0.25, -0.2) is 9.78 Å². The zero-order chi connectivity index (χ0) is 21.8. The minimum Gasteiger partial charge on any atom is -0.486 e. The maximum atomic E-state index is 12.4. The molecule has 1 aromatic heterocycles. The molecule has 8 nitrogen and oxygen atoms in total. The first kappa shape index (κ1) is 20.5. The topological polar surface area (TPSA) is 111 Å². The number of nitrogens with zero attached hydrogens (tertiary/aromatic N) is 2. The van der Waals surface area contributed by atoms with Gasteiger partial charge in [0.15, 0.2) is 11.5 Å². The predicted octanol–water partition coefficient (Wildman–Crippen LogP) is 3.40. The normalized spacial score (nSPS) is 12.1. The summed E-state index contributed by atoms with van der Waals surface area (Å²) in [4.78, 5) is 28.6. The summed E-state index contributed by atoms with van der Waals surface area (Å²) >= 11 is 1.16. The fraction of sp³-hybridized carbons (Fsp3) is 0.182. The van der Waals surface area contributed by atoms with Crippen molar-refractivity contribution >= 4 is 40.2 Å². The number of pyridine rings is 1. The summed E-state index contributed by atoms with van der Waals surface area (Å²) in [6, 6.07) is 13.9. The van der Waals surface area contributed by atoms with Gasteiger partial charge in [0.05, 0.1) is 29.5 Å². The molecule has 4 rings (SSSR count). The lowest BCUT2D eigenvalue weighted by Crippen LogP contribution is -2.15. The second-order valence-corrected chi connectivity index (χ2v) is 7.51. The molecule has 0 fully saturated rings. The molecule has 0 spiro atoms. The van der Waals surface area contributed by atoms with Crippen molar-refractivity contribution in [3.8, 4) is 17.6 Å². The van der Waals surface area contributed by atoms with E-state index in [1.54, 1.807) is 36.4 Å². The Morgan fingerprint density at radius 2 is 1.97 bits per heavy atom.